The van der Waals surface area contributed by atoms with Gasteiger partial charge in [0.15, 0.2) is 0 Å². The fraction of sp³-hybridized carbons (Fsp3) is 0.111. The smallest absolute Gasteiger partial charge is 0.224 e. The molecular formula is C9H7BrClN3O. The van der Waals surface area contributed by atoms with Crippen LogP contribution in [0.1, 0.15) is 5.56 Å². The summed E-state index contributed by atoms with van der Waals surface area (Å²) >= 11 is 9.00. The Morgan fingerprint density at radius 2 is 2.40 bits per heavy atom. The zero-order valence-electron chi connectivity index (χ0n) is 7.58. The normalized spacial score (nSPS) is 10.3. The number of hydrogen-bond acceptors (Lipinski definition) is 4. The van der Waals surface area contributed by atoms with Crippen molar-refractivity contribution in [3.8, 4) is 0 Å². The highest BCUT2D eigenvalue weighted by atomic mass is 79.9. The fourth-order valence-corrected chi connectivity index (χ4v) is 1.51. The fourth-order valence-electron chi connectivity index (χ4n) is 1.05. The molecule has 0 spiro atoms. The van der Waals surface area contributed by atoms with Gasteiger partial charge in [0.2, 0.25) is 5.28 Å². The molecule has 0 atom stereocenters. The summed E-state index contributed by atoms with van der Waals surface area (Å²) in [6.07, 6.45) is 4.90. The van der Waals surface area contributed by atoms with E-state index in [2.05, 4.69) is 31.2 Å². The number of aromatic nitrogens is 2. The van der Waals surface area contributed by atoms with Crippen LogP contribution in [0.3, 0.4) is 0 Å². The molecule has 0 fully saturated rings. The average Bonchev–Trinajstić information content (AvgIpc) is 2.72. The van der Waals surface area contributed by atoms with Gasteiger partial charge in [0.1, 0.15) is 5.82 Å². The molecule has 6 heteroatoms. The number of nitrogens with one attached hydrogen (secondary N) is 1. The maximum Gasteiger partial charge on any atom is 0.224 e. The number of hydrogen-bond donors (Lipinski definition) is 1. The summed E-state index contributed by atoms with van der Waals surface area (Å²) in [5, 5.41) is 3.33. The highest BCUT2D eigenvalue weighted by Crippen LogP contribution is 2.20. The molecule has 4 nitrogen and oxygen atoms in total. The zero-order valence-corrected chi connectivity index (χ0v) is 9.92. The molecule has 0 aliphatic carbocycles. The van der Waals surface area contributed by atoms with E-state index in [0.29, 0.717) is 12.4 Å². The SMILES string of the molecule is Clc1ncc(Br)c(NCc2ccoc2)n1. The maximum absolute atomic E-state index is 5.68. The molecule has 0 aromatic carbocycles. The molecule has 2 aromatic rings. The molecule has 15 heavy (non-hydrogen) atoms. The van der Waals surface area contributed by atoms with Gasteiger partial charge in [-0.1, -0.05) is 0 Å². The Kier molecular flexibility index (Phi) is 3.23. The summed E-state index contributed by atoms with van der Waals surface area (Å²) in [5.74, 6) is 0.663. The molecule has 2 heterocycles. The van der Waals surface area contributed by atoms with Crippen LogP contribution in [0, 0.1) is 0 Å². The first-order valence-electron chi connectivity index (χ1n) is 4.18. The number of anilines is 1. The number of halogens is 2. The van der Waals surface area contributed by atoms with E-state index in [9.17, 15) is 0 Å². The van der Waals surface area contributed by atoms with Gasteiger partial charge in [0, 0.05) is 18.3 Å². The van der Waals surface area contributed by atoms with Crippen molar-refractivity contribution < 1.29 is 4.42 Å². The van der Waals surface area contributed by atoms with Gasteiger partial charge in [-0.3, -0.25) is 0 Å². The summed E-state index contributed by atoms with van der Waals surface area (Å²) in [6, 6.07) is 1.88. The molecule has 0 bridgehead atoms. The summed E-state index contributed by atoms with van der Waals surface area (Å²) in [7, 11) is 0. The van der Waals surface area contributed by atoms with Crippen molar-refractivity contribution in [2.24, 2.45) is 0 Å². The second kappa shape index (κ2) is 4.63. The molecule has 0 saturated carbocycles. The van der Waals surface area contributed by atoms with Crippen LogP contribution in [0.4, 0.5) is 5.82 Å². The van der Waals surface area contributed by atoms with Gasteiger partial charge < -0.3 is 9.73 Å². The summed E-state index contributed by atoms with van der Waals surface area (Å²) in [5.41, 5.74) is 1.04. The molecule has 78 valence electrons. The Hall–Kier alpha value is -1.07. The quantitative estimate of drug-likeness (QED) is 0.882. The molecule has 0 aliphatic rings. The zero-order chi connectivity index (χ0) is 10.7. The van der Waals surface area contributed by atoms with Crippen molar-refractivity contribution in [3.63, 3.8) is 0 Å². The van der Waals surface area contributed by atoms with E-state index >= 15 is 0 Å². The molecule has 2 rings (SSSR count). The van der Waals surface area contributed by atoms with Gasteiger partial charge in [0.25, 0.3) is 0 Å². The summed E-state index contributed by atoms with van der Waals surface area (Å²) in [4.78, 5) is 7.87. The third-order valence-corrected chi connectivity index (χ3v) is 2.52. The Morgan fingerprint density at radius 3 is 3.13 bits per heavy atom. The minimum atomic E-state index is 0.216. The van der Waals surface area contributed by atoms with Crippen molar-refractivity contribution in [2.45, 2.75) is 6.54 Å². The van der Waals surface area contributed by atoms with Crippen molar-refractivity contribution in [1.29, 1.82) is 0 Å². The van der Waals surface area contributed by atoms with E-state index in [1.54, 1.807) is 18.7 Å². The van der Waals surface area contributed by atoms with Crippen LogP contribution in [-0.4, -0.2) is 9.97 Å². The van der Waals surface area contributed by atoms with Gasteiger partial charge in [-0.15, -0.1) is 0 Å². The monoisotopic (exact) mass is 287 g/mol. The van der Waals surface area contributed by atoms with Crippen molar-refractivity contribution >= 4 is 33.3 Å². The third-order valence-electron chi connectivity index (χ3n) is 1.75. The standard InChI is InChI=1S/C9H7BrClN3O/c10-7-4-13-9(11)14-8(7)12-3-6-1-2-15-5-6/h1-2,4-5H,3H2,(H,12,13,14). The summed E-state index contributed by atoms with van der Waals surface area (Å²) in [6.45, 7) is 0.627. The largest absolute Gasteiger partial charge is 0.472 e. The van der Waals surface area contributed by atoms with Crippen LogP contribution in [0.15, 0.2) is 33.7 Å². The molecule has 0 saturated heterocycles. The Labute approximate surface area is 99.8 Å². The van der Waals surface area contributed by atoms with Gasteiger partial charge in [-0.05, 0) is 33.6 Å². The molecular weight excluding hydrogens is 281 g/mol. The Morgan fingerprint density at radius 1 is 1.53 bits per heavy atom. The van der Waals surface area contributed by atoms with E-state index in [1.807, 2.05) is 6.07 Å². The van der Waals surface area contributed by atoms with E-state index in [-0.39, 0.29) is 5.28 Å². The molecule has 0 unspecified atom stereocenters. The molecule has 0 radical (unpaired) electrons. The lowest BCUT2D eigenvalue weighted by Crippen LogP contribution is -2.01. The second-order valence-electron chi connectivity index (χ2n) is 2.82. The predicted molar refractivity (Wildman–Crippen MR) is 60.8 cm³/mol. The van der Waals surface area contributed by atoms with E-state index in [1.165, 1.54) is 0 Å². The minimum Gasteiger partial charge on any atom is -0.472 e. The van der Waals surface area contributed by atoms with Crippen LogP contribution in [-0.2, 0) is 6.54 Å². The first-order chi connectivity index (χ1) is 7.25. The van der Waals surface area contributed by atoms with E-state index < -0.39 is 0 Å². The van der Waals surface area contributed by atoms with Crippen LogP contribution >= 0.6 is 27.5 Å². The van der Waals surface area contributed by atoms with Crippen molar-refractivity contribution in [2.75, 3.05) is 5.32 Å². The molecule has 0 aliphatic heterocycles. The van der Waals surface area contributed by atoms with E-state index in [0.717, 1.165) is 10.0 Å². The van der Waals surface area contributed by atoms with Gasteiger partial charge >= 0.3 is 0 Å². The molecule has 1 N–H and O–H groups in total. The van der Waals surface area contributed by atoms with E-state index in [4.69, 9.17) is 16.0 Å². The van der Waals surface area contributed by atoms with Gasteiger partial charge in [0.05, 0.1) is 17.0 Å². The predicted octanol–water partition coefficient (Wildman–Crippen LogP) is 3.10. The second-order valence-corrected chi connectivity index (χ2v) is 4.01. The number of rotatable bonds is 3. The Bertz CT molecular complexity index is 447. The lowest BCUT2D eigenvalue weighted by molar-refractivity contribution is 0.564. The van der Waals surface area contributed by atoms with Crippen LogP contribution in [0.5, 0.6) is 0 Å². The molecule has 0 amide bonds. The molecule has 2 aromatic heterocycles. The van der Waals surface area contributed by atoms with Gasteiger partial charge in [-0.25, -0.2) is 4.98 Å². The number of furan rings is 1. The minimum absolute atomic E-state index is 0.216. The third kappa shape index (κ3) is 2.70. The lowest BCUT2D eigenvalue weighted by Gasteiger charge is -2.05. The first kappa shape index (κ1) is 10.4. The Balaban J connectivity index is 2.07. The van der Waals surface area contributed by atoms with Crippen LogP contribution < -0.4 is 5.32 Å². The highest BCUT2D eigenvalue weighted by molar-refractivity contribution is 9.10. The first-order valence-corrected chi connectivity index (χ1v) is 5.36. The van der Waals surface area contributed by atoms with Crippen molar-refractivity contribution in [1.82, 2.24) is 9.97 Å². The average molecular weight is 289 g/mol. The maximum atomic E-state index is 5.68. The van der Waals surface area contributed by atoms with Gasteiger partial charge in [-0.2, -0.15) is 4.98 Å². The highest BCUT2D eigenvalue weighted by Gasteiger charge is 2.03. The summed E-state index contributed by atoms with van der Waals surface area (Å²) < 4.78 is 5.72. The van der Waals surface area contributed by atoms with Crippen LogP contribution in [0.2, 0.25) is 5.28 Å². The van der Waals surface area contributed by atoms with Crippen LogP contribution in [0.25, 0.3) is 0 Å². The van der Waals surface area contributed by atoms with Crippen molar-refractivity contribution in [3.05, 3.63) is 40.1 Å². The lowest BCUT2D eigenvalue weighted by atomic mass is 10.3. The topological polar surface area (TPSA) is 51.0 Å². The number of nitrogens with zero attached hydrogens (tertiary/aromatic N) is 2.